The summed E-state index contributed by atoms with van der Waals surface area (Å²) in [6.45, 7) is 5.45. The fourth-order valence-electron chi connectivity index (χ4n) is 4.27. The van der Waals surface area contributed by atoms with Gasteiger partial charge in [-0.25, -0.2) is 4.79 Å². The average molecular weight is 471 g/mol. The van der Waals surface area contributed by atoms with E-state index in [1.807, 2.05) is 25.1 Å². The van der Waals surface area contributed by atoms with Crippen molar-refractivity contribution < 1.29 is 14.3 Å². The Labute approximate surface area is 185 Å². The fraction of sp³-hybridized carbons (Fsp3) is 0.375. The van der Waals surface area contributed by atoms with Crippen LogP contribution in [-0.2, 0) is 4.74 Å². The second-order valence-corrected chi connectivity index (χ2v) is 8.72. The number of nitrogens with zero attached hydrogens (tertiary/aromatic N) is 1. The first kappa shape index (κ1) is 20.9. The maximum Gasteiger partial charge on any atom is 0.341 e. The maximum atomic E-state index is 12.0. The predicted octanol–water partition coefficient (Wildman–Crippen LogP) is 5.28. The van der Waals surface area contributed by atoms with Crippen LogP contribution in [0.5, 0.6) is 5.75 Å². The smallest absolute Gasteiger partial charge is 0.341 e. The van der Waals surface area contributed by atoms with Crippen LogP contribution < -0.4 is 4.74 Å². The van der Waals surface area contributed by atoms with E-state index in [4.69, 9.17) is 9.47 Å². The van der Waals surface area contributed by atoms with Gasteiger partial charge in [0.15, 0.2) is 0 Å². The summed E-state index contributed by atoms with van der Waals surface area (Å²) in [5.74, 6) is 0.805. The second-order valence-electron chi connectivity index (χ2n) is 7.86. The third-order valence-electron chi connectivity index (χ3n) is 5.93. The number of rotatable bonds is 6. The van der Waals surface area contributed by atoms with Crippen LogP contribution in [0.3, 0.4) is 0 Å². The summed E-state index contributed by atoms with van der Waals surface area (Å²) < 4.78 is 11.9. The molecule has 1 aromatic heterocycles. The number of esters is 1. The Morgan fingerprint density at radius 2 is 2.03 bits per heavy atom. The molecule has 6 heteroatoms. The number of para-hydroxylation sites is 1. The van der Waals surface area contributed by atoms with E-state index in [0.717, 1.165) is 42.5 Å². The van der Waals surface area contributed by atoms with E-state index >= 15 is 0 Å². The summed E-state index contributed by atoms with van der Waals surface area (Å²) in [6.07, 6.45) is 4.44. The molecule has 2 aromatic carbocycles. The topological polar surface area (TPSA) is 54.6 Å². The molecule has 1 fully saturated rings. The van der Waals surface area contributed by atoms with Crippen molar-refractivity contribution >= 4 is 32.8 Å². The van der Waals surface area contributed by atoms with E-state index in [1.165, 1.54) is 23.6 Å². The van der Waals surface area contributed by atoms with Crippen LogP contribution >= 0.6 is 15.9 Å². The Balaban J connectivity index is 1.32. The number of halogens is 1. The van der Waals surface area contributed by atoms with Gasteiger partial charge in [0.2, 0.25) is 0 Å². The van der Waals surface area contributed by atoms with E-state index in [-0.39, 0.29) is 5.97 Å². The van der Waals surface area contributed by atoms with Gasteiger partial charge in [0.05, 0.1) is 12.6 Å². The molecule has 0 bridgehead atoms. The highest BCUT2D eigenvalue weighted by Gasteiger charge is 2.23. The third kappa shape index (κ3) is 4.40. The number of hydrogen-bond donors (Lipinski definition) is 1. The molecule has 0 unspecified atom stereocenters. The first-order valence-corrected chi connectivity index (χ1v) is 11.2. The molecule has 1 saturated heterocycles. The van der Waals surface area contributed by atoms with Crippen LogP contribution in [0, 0.1) is 6.92 Å². The number of aromatic amines is 1. The van der Waals surface area contributed by atoms with Crippen molar-refractivity contribution in [2.75, 3.05) is 33.4 Å². The van der Waals surface area contributed by atoms with Gasteiger partial charge in [-0.15, -0.1) is 0 Å². The van der Waals surface area contributed by atoms with Crippen molar-refractivity contribution in [3.8, 4) is 5.75 Å². The van der Waals surface area contributed by atoms with Crippen LogP contribution in [-0.4, -0.2) is 49.2 Å². The monoisotopic (exact) mass is 470 g/mol. The number of fused-ring (bicyclic) bond motifs is 1. The van der Waals surface area contributed by atoms with Gasteiger partial charge in [-0.3, -0.25) is 4.90 Å². The van der Waals surface area contributed by atoms with Gasteiger partial charge in [0, 0.05) is 22.6 Å². The van der Waals surface area contributed by atoms with Crippen molar-refractivity contribution in [3.05, 3.63) is 63.8 Å². The highest BCUT2D eigenvalue weighted by molar-refractivity contribution is 9.10. The van der Waals surface area contributed by atoms with Crippen molar-refractivity contribution in [2.45, 2.75) is 25.7 Å². The van der Waals surface area contributed by atoms with Gasteiger partial charge in [-0.2, -0.15) is 0 Å². The van der Waals surface area contributed by atoms with Crippen LogP contribution in [0.1, 0.15) is 40.2 Å². The lowest BCUT2D eigenvalue weighted by Crippen LogP contribution is -2.35. The molecule has 4 rings (SSSR count). The minimum Gasteiger partial charge on any atom is -0.491 e. The summed E-state index contributed by atoms with van der Waals surface area (Å²) in [7, 11) is 1.39. The summed E-state index contributed by atoms with van der Waals surface area (Å²) in [4.78, 5) is 17.9. The van der Waals surface area contributed by atoms with E-state index in [1.54, 1.807) is 0 Å². The lowest BCUT2D eigenvalue weighted by Gasteiger charge is -2.31. The molecule has 0 spiro atoms. The number of aromatic nitrogens is 1. The largest absolute Gasteiger partial charge is 0.491 e. The number of aryl methyl sites for hydroxylation is 1. The minimum absolute atomic E-state index is 0.361. The molecular formula is C24H27BrN2O3. The van der Waals surface area contributed by atoms with Crippen LogP contribution in [0.25, 0.3) is 10.9 Å². The SMILES string of the molecule is COC(=O)c1cc(C)ccc1OCCN1CCC(c2c[nH]c3c(Br)cccc23)CC1. The summed E-state index contributed by atoms with van der Waals surface area (Å²) in [5.41, 5.74) is 4.10. The minimum atomic E-state index is -0.361. The van der Waals surface area contributed by atoms with Gasteiger partial charge < -0.3 is 14.5 Å². The number of carbonyl (C=O) groups is 1. The zero-order valence-electron chi connectivity index (χ0n) is 17.4. The predicted molar refractivity (Wildman–Crippen MR) is 122 cm³/mol. The Morgan fingerprint density at radius 3 is 2.80 bits per heavy atom. The highest BCUT2D eigenvalue weighted by atomic mass is 79.9. The van der Waals surface area contributed by atoms with Gasteiger partial charge in [-0.05, 0) is 78.5 Å². The number of likely N-dealkylation sites (tertiary alicyclic amines) is 1. The van der Waals surface area contributed by atoms with E-state index in [0.29, 0.717) is 23.8 Å². The number of hydrogen-bond acceptors (Lipinski definition) is 4. The standard InChI is InChI=1S/C24H27BrN2O3/c1-16-6-7-22(19(14-16)24(28)29-2)30-13-12-27-10-8-17(9-11-27)20-15-26-23-18(20)4-3-5-21(23)25/h3-7,14-15,17,26H,8-13H2,1-2H3. The molecule has 0 amide bonds. The van der Waals surface area contributed by atoms with E-state index in [9.17, 15) is 4.79 Å². The highest BCUT2D eigenvalue weighted by Crippen LogP contribution is 2.35. The van der Waals surface area contributed by atoms with Crippen LogP contribution in [0.4, 0.5) is 0 Å². The number of ether oxygens (including phenoxy) is 2. The Hall–Kier alpha value is -2.31. The van der Waals surface area contributed by atoms with Gasteiger partial charge in [-0.1, -0.05) is 23.8 Å². The molecule has 0 atom stereocenters. The molecule has 1 N–H and O–H groups in total. The summed E-state index contributed by atoms with van der Waals surface area (Å²) in [6, 6.07) is 12.0. The molecule has 158 valence electrons. The van der Waals surface area contributed by atoms with Gasteiger partial charge in [0.25, 0.3) is 0 Å². The zero-order chi connectivity index (χ0) is 21.1. The van der Waals surface area contributed by atoms with Crippen molar-refractivity contribution in [3.63, 3.8) is 0 Å². The lowest BCUT2D eigenvalue weighted by molar-refractivity contribution is 0.0595. The number of benzene rings is 2. The first-order valence-electron chi connectivity index (χ1n) is 10.4. The van der Waals surface area contributed by atoms with Gasteiger partial charge in [0.1, 0.15) is 17.9 Å². The zero-order valence-corrected chi connectivity index (χ0v) is 19.0. The third-order valence-corrected chi connectivity index (χ3v) is 6.59. The first-order chi connectivity index (χ1) is 14.6. The summed E-state index contributed by atoms with van der Waals surface area (Å²) >= 11 is 3.63. The van der Waals surface area contributed by atoms with Crippen molar-refractivity contribution in [2.24, 2.45) is 0 Å². The molecule has 1 aliphatic heterocycles. The second kappa shape index (κ2) is 9.23. The van der Waals surface area contributed by atoms with Gasteiger partial charge >= 0.3 is 5.97 Å². The van der Waals surface area contributed by atoms with Crippen LogP contribution in [0.2, 0.25) is 0 Å². The summed E-state index contributed by atoms with van der Waals surface area (Å²) in [5, 5.41) is 1.32. The van der Waals surface area contributed by atoms with Crippen molar-refractivity contribution in [1.29, 1.82) is 0 Å². The lowest BCUT2D eigenvalue weighted by atomic mass is 9.89. The van der Waals surface area contributed by atoms with Crippen LogP contribution in [0.15, 0.2) is 47.1 Å². The number of carbonyl (C=O) groups excluding carboxylic acids is 1. The van der Waals surface area contributed by atoms with Crippen molar-refractivity contribution in [1.82, 2.24) is 9.88 Å². The normalized spacial score (nSPS) is 15.4. The Bertz CT molecular complexity index is 1040. The molecule has 0 saturated carbocycles. The van der Waals surface area contributed by atoms with E-state index in [2.05, 4.69) is 50.2 Å². The average Bonchev–Trinajstić information content (AvgIpc) is 3.20. The fourth-order valence-corrected chi connectivity index (χ4v) is 4.75. The molecule has 0 aliphatic carbocycles. The number of H-pyrrole nitrogens is 1. The molecule has 0 radical (unpaired) electrons. The molecule has 5 nitrogen and oxygen atoms in total. The number of methoxy groups -OCH3 is 1. The number of piperidine rings is 1. The van der Waals surface area contributed by atoms with E-state index < -0.39 is 0 Å². The number of nitrogens with one attached hydrogen (secondary N) is 1. The molecule has 3 aromatic rings. The Morgan fingerprint density at radius 1 is 1.23 bits per heavy atom. The molecule has 30 heavy (non-hydrogen) atoms. The molecule has 1 aliphatic rings. The Kier molecular flexibility index (Phi) is 6.44. The maximum absolute atomic E-state index is 12.0. The molecular weight excluding hydrogens is 444 g/mol. The molecule has 2 heterocycles. The quantitative estimate of drug-likeness (QED) is 0.497.